The summed E-state index contributed by atoms with van der Waals surface area (Å²) in [6.45, 7) is 15.4. The van der Waals surface area contributed by atoms with Crippen molar-refractivity contribution in [2.45, 2.75) is 73.8 Å². The Morgan fingerprint density at radius 3 is 1.94 bits per heavy atom. The van der Waals surface area contributed by atoms with Crippen molar-refractivity contribution >= 4 is 23.5 Å². The molecule has 34 heavy (non-hydrogen) atoms. The van der Waals surface area contributed by atoms with E-state index in [1.807, 2.05) is 64.1 Å². The first-order valence-corrected chi connectivity index (χ1v) is 12.3. The molecule has 0 saturated heterocycles. The van der Waals surface area contributed by atoms with Crippen LogP contribution in [0, 0.1) is 38.5 Å². The lowest BCUT2D eigenvalue weighted by Crippen LogP contribution is -2.51. The van der Waals surface area contributed by atoms with Crippen LogP contribution < -0.4 is 20.1 Å². The Bertz CT molecular complexity index is 1030. The van der Waals surface area contributed by atoms with Gasteiger partial charge in [-0.05, 0) is 92.3 Å². The molecule has 0 aromatic heterocycles. The zero-order valence-electron chi connectivity index (χ0n) is 21.5. The molecule has 1 aliphatic carbocycles. The predicted molar refractivity (Wildman–Crippen MR) is 142 cm³/mol. The number of aryl methyl sites for hydroxylation is 4. The molecule has 1 fully saturated rings. The molecule has 3 rings (SSSR count). The standard InChI is InChI=1S/C28H38N2O3S/c1-18-10-8-11-19(2)23(18)32-25(31)30-22-14-27(5,6)16-28(7,15-22)17-29-26(34)33-24-20(3)12-9-13-21(24)4/h8-13,22H,14-17H2,1-7H3,(H,29,34)(H,30,31). The number of hydrogen-bond donors (Lipinski definition) is 2. The Morgan fingerprint density at radius 2 is 1.41 bits per heavy atom. The van der Waals surface area contributed by atoms with Gasteiger partial charge in [-0.1, -0.05) is 57.2 Å². The van der Waals surface area contributed by atoms with E-state index in [1.54, 1.807) is 0 Å². The minimum absolute atomic E-state index is 0.0143. The molecular formula is C28H38N2O3S. The van der Waals surface area contributed by atoms with Gasteiger partial charge in [0.1, 0.15) is 11.5 Å². The molecule has 2 aromatic rings. The first-order chi connectivity index (χ1) is 15.9. The largest absolute Gasteiger partial charge is 0.431 e. The van der Waals surface area contributed by atoms with Gasteiger partial charge in [-0.15, -0.1) is 0 Å². The number of ether oxygens (including phenoxy) is 2. The van der Waals surface area contributed by atoms with Gasteiger partial charge in [0.05, 0.1) is 0 Å². The lowest BCUT2D eigenvalue weighted by molar-refractivity contribution is 0.0732. The minimum atomic E-state index is -0.399. The van der Waals surface area contributed by atoms with Crippen molar-refractivity contribution in [3.05, 3.63) is 58.7 Å². The van der Waals surface area contributed by atoms with Crippen molar-refractivity contribution in [1.82, 2.24) is 10.6 Å². The molecule has 1 aliphatic rings. The van der Waals surface area contributed by atoms with Crippen LogP contribution in [0.2, 0.25) is 0 Å². The van der Waals surface area contributed by atoms with E-state index in [-0.39, 0.29) is 16.9 Å². The Balaban J connectivity index is 1.62. The second kappa shape index (κ2) is 10.3. The summed E-state index contributed by atoms with van der Waals surface area (Å²) in [5, 5.41) is 6.83. The Hall–Kier alpha value is -2.60. The number of carbonyl (C=O) groups is 1. The number of rotatable bonds is 5. The van der Waals surface area contributed by atoms with Crippen molar-refractivity contribution in [2.24, 2.45) is 10.8 Å². The highest BCUT2D eigenvalue weighted by Crippen LogP contribution is 2.45. The van der Waals surface area contributed by atoms with Crippen LogP contribution in [0.25, 0.3) is 0 Å². The second-order valence-corrected chi connectivity index (χ2v) is 11.3. The topological polar surface area (TPSA) is 59.6 Å². The summed E-state index contributed by atoms with van der Waals surface area (Å²) in [6, 6.07) is 11.9. The highest BCUT2D eigenvalue weighted by molar-refractivity contribution is 7.80. The maximum Gasteiger partial charge on any atom is 0.412 e. The summed E-state index contributed by atoms with van der Waals surface area (Å²) in [7, 11) is 0. The lowest BCUT2D eigenvalue weighted by Gasteiger charge is -2.46. The molecule has 1 amide bonds. The number of carbonyl (C=O) groups excluding carboxylic acids is 1. The van der Waals surface area contributed by atoms with E-state index in [1.165, 1.54) is 0 Å². The molecule has 6 heteroatoms. The van der Waals surface area contributed by atoms with Gasteiger partial charge in [0.25, 0.3) is 5.17 Å². The second-order valence-electron chi connectivity index (χ2n) is 11.0. The summed E-state index contributed by atoms with van der Waals surface area (Å²) in [5.41, 5.74) is 4.02. The average molecular weight is 483 g/mol. The van der Waals surface area contributed by atoms with Crippen molar-refractivity contribution in [2.75, 3.05) is 6.54 Å². The zero-order valence-corrected chi connectivity index (χ0v) is 22.3. The van der Waals surface area contributed by atoms with E-state index in [9.17, 15) is 4.79 Å². The predicted octanol–water partition coefficient (Wildman–Crippen LogP) is 6.55. The number of para-hydroxylation sites is 2. The summed E-state index contributed by atoms with van der Waals surface area (Å²) in [5.74, 6) is 1.44. The minimum Gasteiger partial charge on any atom is -0.431 e. The van der Waals surface area contributed by atoms with Gasteiger partial charge in [0.2, 0.25) is 0 Å². The number of hydrogen-bond acceptors (Lipinski definition) is 4. The van der Waals surface area contributed by atoms with Crippen LogP contribution in [0.3, 0.4) is 0 Å². The van der Waals surface area contributed by atoms with Gasteiger partial charge >= 0.3 is 6.09 Å². The van der Waals surface area contributed by atoms with Gasteiger partial charge < -0.3 is 20.1 Å². The maximum absolute atomic E-state index is 12.8. The van der Waals surface area contributed by atoms with Crippen LogP contribution in [-0.2, 0) is 0 Å². The molecule has 184 valence electrons. The monoisotopic (exact) mass is 482 g/mol. The Labute approximate surface area is 209 Å². The molecule has 0 spiro atoms. The zero-order chi connectivity index (χ0) is 25.1. The van der Waals surface area contributed by atoms with E-state index in [0.29, 0.717) is 17.5 Å². The van der Waals surface area contributed by atoms with E-state index in [2.05, 4.69) is 31.4 Å². The molecule has 5 nitrogen and oxygen atoms in total. The molecule has 2 aromatic carbocycles. The van der Waals surface area contributed by atoms with Gasteiger partial charge in [-0.25, -0.2) is 4.79 Å². The highest BCUT2D eigenvalue weighted by Gasteiger charge is 2.42. The van der Waals surface area contributed by atoms with Gasteiger partial charge in [-0.3, -0.25) is 0 Å². The Kier molecular flexibility index (Phi) is 7.91. The molecular weight excluding hydrogens is 444 g/mol. The van der Waals surface area contributed by atoms with Gasteiger partial charge in [0, 0.05) is 12.6 Å². The maximum atomic E-state index is 12.8. The third-order valence-electron chi connectivity index (χ3n) is 6.63. The lowest BCUT2D eigenvalue weighted by atomic mass is 9.62. The molecule has 2 N–H and O–H groups in total. The van der Waals surface area contributed by atoms with Crippen LogP contribution in [0.5, 0.6) is 11.5 Å². The molecule has 2 unspecified atom stereocenters. The number of thiocarbonyl (C=S) groups is 1. The van der Waals surface area contributed by atoms with Gasteiger partial charge in [0.15, 0.2) is 0 Å². The summed E-state index contributed by atoms with van der Waals surface area (Å²) >= 11 is 5.50. The van der Waals surface area contributed by atoms with Crippen LogP contribution in [-0.4, -0.2) is 23.9 Å². The highest BCUT2D eigenvalue weighted by atomic mass is 32.1. The third kappa shape index (κ3) is 6.72. The van der Waals surface area contributed by atoms with E-state index >= 15 is 0 Å². The van der Waals surface area contributed by atoms with Crippen molar-refractivity contribution in [3.8, 4) is 11.5 Å². The molecule has 0 radical (unpaired) electrons. The SMILES string of the molecule is Cc1cccc(C)c1OC(=O)NC1CC(C)(C)CC(C)(CNC(=S)Oc2c(C)cccc2C)C1. The van der Waals surface area contributed by atoms with E-state index in [0.717, 1.165) is 47.3 Å². The van der Waals surface area contributed by atoms with Crippen molar-refractivity contribution < 1.29 is 14.3 Å². The quantitative estimate of drug-likeness (QED) is 0.474. The van der Waals surface area contributed by atoms with E-state index < -0.39 is 6.09 Å². The summed E-state index contributed by atoms with van der Waals surface area (Å²) in [6.07, 6.45) is 2.35. The van der Waals surface area contributed by atoms with E-state index in [4.69, 9.17) is 21.7 Å². The average Bonchev–Trinajstić information content (AvgIpc) is 2.71. The van der Waals surface area contributed by atoms with Crippen molar-refractivity contribution in [3.63, 3.8) is 0 Å². The fourth-order valence-electron chi connectivity index (χ4n) is 5.49. The summed E-state index contributed by atoms with van der Waals surface area (Å²) < 4.78 is 11.7. The normalized spacial score (nSPS) is 21.4. The molecule has 0 heterocycles. The fourth-order valence-corrected chi connectivity index (χ4v) is 5.65. The first-order valence-electron chi connectivity index (χ1n) is 11.9. The van der Waals surface area contributed by atoms with Gasteiger partial charge in [-0.2, -0.15) is 0 Å². The summed E-state index contributed by atoms with van der Waals surface area (Å²) in [4.78, 5) is 12.8. The molecule has 0 bridgehead atoms. The van der Waals surface area contributed by atoms with Crippen LogP contribution in [0.15, 0.2) is 36.4 Å². The first kappa shape index (κ1) is 26.0. The fraction of sp³-hybridized carbons (Fsp3) is 0.500. The molecule has 1 saturated carbocycles. The number of nitrogens with one attached hydrogen (secondary N) is 2. The Morgan fingerprint density at radius 1 is 0.912 bits per heavy atom. The molecule has 0 aliphatic heterocycles. The van der Waals surface area contributed by atoms with Crippen LogP contribution >= 0.6 is 12.2 Å². The van der Waals surface area contributed by atoms with Crippen LogP contribution in [0.4, 0.5) is 4.79 Å². The number of amides is 1. The smallest absolute Gasteiger partial charge is 0.412 e. The number of benzene rings is 2. The molecule has 2 atom stereocenters. The third-order valence-corrected chi connectivity index (χ3v) is 6.86. The van der Waals surface area contributed by atoms with Crippen LogP contribution in [0.1, 0.15) is 62.3 Å². The van der Waals surface area contributed by atoms with Crippen molar-refractivity contribution in [1.29, 1.82) is 0 Å².